The van der Waals surface area contributed by atoms with Crippen molar-refractivity contribution in [3.63, 3.8) is 0 Å². The van der Waals surface area contributed by atoms with Crippen LogP contribution in [0, 0.1) is 11.8 Å². The highest BCUT2D eigenvalue weighted by molar-refractivity contribution is 8.00. The number of likely N-dealkylation sites (tertiary alicyclic amines) is 1. The van der Waals surface area contributed by atoms with Crippen molar-refractivity contribution in [2.45, 2.75) is 89.2 Å². The molecule has 2 heterocycles. The van der Waals surface area contributed by atoms with Gasteiger partial charge in [-0.15, -0.1) is 24.2 Å². The number of nitrogens with zero attached hydrogens (tertiary/aromatic N) is 2. The second-order valence-electron chi connectivity index (χ2n) is 12.0. The van der Waals surface area contributed by atoms with E-state index in [1.807, 2.05) is 24.8 Å². The first-order valence-corrected chi connectivity index (χ1v) is 17.5. The first-order valence-electron chi connectivity index (χ1n) is 15.3. The van der Waals surface area contributed by atoms with Gasteiger partial charge in [0.1, 0.15) is 6.04 Å². The number of thioether (sulfide) groups is 2. The van der Waals surface area contributed by atoms with E-state index in [0.29, 0.717) is 43.8 Å². The van der Waals surface area contributed by atoms with Gasteiger partial charge < -0.3 is 20.4 Å². The molecule has 1 aromatic carbocycles. The molecule has 0 radical (unpaired) electrons. The van der Waals surface area contributed by atoms with Crippen LogP contribution in [0.25, 0.3) is 0 Å². The number of rotatable bonds is 12. The number of hydrogen-bond acceptors (Lipinski definition) is 6. The third kappa shape index (κ3) is 10.7. The van der Waals surface area contributed by atoms with Gasteiger partial charge in [-0.1, -0.05) is 63.4 Å². The lowest BCUT2D eigenvalue weighted by molar-refractivity contribution is -0.139. The smallest absolute Gasteiger partial charge is 0.253 e. The van der Waals surface area contributed by atoms with E-state index < -0.39 is 11.4 Å². The molecule has 2 atom stereocenters. The van der Waals surface area contributed by atoms with E-state index in [-0.39, 0.29) is 36.0 Å². The van der Waals surface area contributed by atoms with Gasteiger partial charge in [-0.25, -0.2) is 0 Å². The first kappa shape index (κ1) is 34.1. The summed E-state index contributed by atoms with van der Waals surface area (Å²) in [7, 11) is 0. The zero-order valence-corrected chi connectivity index (χ0v) is 27.2. The van der Waals surface area contributed by atoms with Crippen molar-refractivity contribution < 1.29 is 14.4 Å². The van der Waals surface area contributed by atoms with Gasteiger partial charge in [0.15, 0.2) is 5.37 Å². The monoisotopic (exact) mass is 624 g/mol. The molecule has 4 rings (SSSR count). The molecule has 2 saturated heterocycles. The van der Waals surface area contributed by atoms with Crippen LogP contribution in [0.4, 0.5) is 0 Å². The number of piperidine rings is 1. The average Bonchev–Trinajstić information content (AvgIpc) is 3.47. The fourth-order valence-electron chi connectivity index (χ4n) is 5.92. The summed E-state index contributed by atoms with van der Waals surface area (Å²) >= 11 is 3.31. The maximum Gasteiger partial charge on any atom is 0.253 e. The van der Waals surface area contributed by atoms with Crippen molar-refractivity contribution in [2.75, 3.05) is 36.9 Å². The molecule has 41 heavy (non-hydrogen) atoms. The number of halogens is 1. The lowest BCUT2D eigenvalue weighted by atomic mass is 9.91. The van der Waals surface area contributed by atoms with Gasteiger partial charge in [0.05, 0.1) is 0 Å². The number of benzene rings is 1. The van der Waals surface area contributed by atoms with Crippen LogP contribution in [-0.2, 0) is 20.9 Å². The minimum atomic E-state index is -0.557. The van der Waals surface area contributed by atoms with Crippen molar-refractivity contribution in [2.24, 2.45) is 11.8 Å². The summed E-state index contributed by atoms with van der Waals surface area (Å²) in [4.78, 5) is 43.7. The summed E-state index contributed by atoms with van der Waals surface area (Å²) in [6.45, 7) is 6.86. The summed E-state index contributed by atoms with van der Waals surface area (Å²) in [6, 6.07) is 10.2. The van der Waals surface area contributed by atoms with Crippen LogP contribution in [0.1, 0.15) is 70.8 Å². The minimum Gasteiger partial charge on any atom is -0.341 e. The molecule has 3 aliphatic rings. The topological polar surface area (TPSA) is 81.8 Å². The second-order valence-corrected chi connectivity index (χ2v) is 14.2. The Balaban J connectivity index is 0.00000462. The summed E-state index contributed by atoms with van der Waals surface area (Å²) < 4.78 is 0. The Kier molecular flexibility index (Phi) is 14.7. The Morgan fingerprint density at radius 1 is 1.00 bits per heavy atom. The first-order chi connectivity index (χ1) is 19.4. The van der Waals surface area contributed by atoms with Gasteiger partial charge in [0, 0.05) is 50.1 Å². The van der Waals surface area contributed by atoms with Crippen LogP contribution in [0.5, 0.6) is 0 Å². The molecule has 2 aliphatic heterocycles. The lowest BCUT2D eigenvalue weighted by Crippen LogP contribution is -2.56. The molecule has 1 aromatic rings. The molecule has 1 aliphatic carbocycles. The Labute approximate surface area is 261 Å². The van der Waals surface area contributed by atoms with Crippen LogP contribution >= 0.6 is 35.9 Å². The molecule has 1 unspecified atom stereocenters. The highest BCUT2D eigenvalue weighted by Gasteiger charge is 2.37. The molecular weight excluding hydrogens is 576 g/mol. The van der Waals surface area contributed by atoms with E-state index in [0.717, 1.165) is 30.9 Å². The van der Waals surface area contributed by atoms with E-state index in [1.54, 1.807) is 16.7 Å². The molecule has 1 saturated carbocycles. The quantitative estimate of drug-likeness (QED) is 0.343. The fourth-order valence-corrected chi connectivity index (χ4v) is 8.33. The third-order valence-corrected chi connectivity index (χ3v) is 10.7. The van der Waals surface area contributed by atoms with Gasteiger partial charge in [-0.3, -0.25) is 14.4 Å². The number of nitrogens with one attached hydrogen (secondary N) is 2. The zero-order valence-electron chi connectivity index (χ0n) is 24.7. The molecule has 3 fully saturated rings. The van der Waals surface area contributed by atoms with E-state index in [4.69, 9.17) is 0 Å². The zero-order chi connectivity index (χ0) is 28.3. The lowest BCUT2D eigenvalue weighted by Gasteiger charge is -2.35. The number of hydrogen-bond donors (Lipinski definition) is 2. The Morgan fingerprint density at radius 2 is 1.71 bits per heavy atom. The van der Waals surface area contributed by atoms with Crippen molar-refractivity contribution in [1.29, 1.82) is 0 Å². The van der Waals surface area contributed by atoms with E-state index in [9.17, 15) is 14.4 Å². The maximum absolute atomic E-state index is 13.8. The van der Waals surface area contributed by atoms with Crippen LogP contribution < -0.4 is 10.6 Å². The highest BCUT2D eigenvalue weighted by Crippen LogP contribution is 2.28. The molecule has 7 nitrogen and oxygen atoms in total. The largest absolute Gasteiger partial charge is 0.341 e. The SMILES string of the molecule is CC(C)CC(=O)N1CCSC1C(=O)N[C@@H](CSCC1CCCCC1)C(=O)N1CCC(NCc2ccccc2)CC1.Cl. The van der Waals surface area contributed by atoms with Crippen LogP contribution in [0.3, 0.4) is 0 Å². The van der Waals surface area contributed by atoms with Crippen LogP contribution in [0.15, 0.2) is 30.3 Å². The van der Waals surface area contributed by atoms with Gasteiger partial charge >= 0.3 is 0 Å². The standard InChI is InChI=1S/C31H48N4O3S2.ClH/c1-23(2)19-28(36)35-17-18-40-31(35)29(37)33-27(22-39-21-25-11-7-4-8-12-25)30(38)34-15-13-26(14-16-34)32-20-24-9-5-3-6-10-24;/h3,5-6,9-10,23,25-27,31-32H,4,7-8,11-22H2,1-2H3,(H,33,37);1H/t27-,31?;/m0./s1. The molecule has 0 spiro atoms. The van der Waals surface area contributed by atoms with Crippen LogP contribution in [-0.4, -0.2) is 81.9 Å². The molecule has 0 aromatic heterocycles. The third-order valence-electron chi connectivity index (χ3n) is 8.24. The molecule has 0 bridgehead atoms. The predicted molar refractivity (Wildman–Crippen MR) is 173 cm³/mol. The molecular formula is C31H49ClN4O3S2. The summed E-state index contributed by atoms with van der Waals surface area (Å²) in [5.41, 5.74) is 1.27. The van der Waals surface area contributed by atoms with Crippen molar-refractivity contribution in [3.05, 3.63) is 35.9 Å². The number of carbonyl (C=O) groups excluding carboxylic acids is 3. The molecule has 230 valence electrons. The van der Waals surface area contributed by atoms with Gasteiger partial charge in [-0.2, -0.15) is 11.8 Å². The summed E-state index contributed by atoms with van der Waals surface area (Å²) in [6.07, 6.45) is 8.74. The van der Waals surface area contributed by atoms with Gasteiger partial charge in [-0.05, 0) is 48.8 Å². The number of carbonyl (C=O) groups is 3. The molecule has 2 N–H and O–H groups in total. The normalized spacial score (nSPS) is 21.0. The minimum absolute atomic E-state index is 0. The Bertz CT molecular complexity index is 956. The average molecular weight is 625 g/mol. The summed E-state index contributed by atoms with van der Waals surface area (Å²) in [5, 5.41) is 6.21. The van der Waals surface area contributed by atoms with Gasteiger partial charge in [0.2, 0.25) is 11.8 Å². The van der Waals surface area contributed by atoms with Crippen molar-refractivity contribution in [3.8, 4) is 0 Å². The van der Waals surface area contributed by atoms with Crippen LogP contribution in [0.2, 0.25) is 0 Å². The fraction of sp³-hybridized carbons (Fsp3) is 0.710. The molecule has 10 heteroatoms. The van der Waals surface area contributed by atoms with E-state index in [1.165, 1.54) is 49.4 Å². The summed E-state index contributed by atoms with van der Waals surface area (Å²) in [5.74, 6) is 3.20. The predicted octanol–water partition coefficient (Wildman–Crippen LogP) is 4.93. The van der Waals surface area contributed by atoms with Crippen molar-refractivity contribution in [1.82, 2.24) is 20.4 Å². The van der Waals surface area contributed by atoms with Gasteiger partial charge in [0.25, 0.3) is 5.91 Å². The second kappa shape index (κ2) is 17.6. The van der Waals surface area contributed by atoms with Crippen molar-refractivity contribution >= 4 is 53.7 Å². The number of amides is 3. The van der Waals surface area contributed by atoms with E-state index >= 15 is 0 Å². The Morgan fingerprint density at radius 3 is 2.39 bits per heavy atom. The Hall–Kier alpha value is -1.42. The highest BCUT2D eigenvalue weighted by atomic mass is 35.5. The maximum atomic E-state index is 13.8. The molecule has 3 amide bonds. The van der Waals surface area contributed by atoms with E-state index in [2.05, 4.69) is 34.9 Å².